The number of pyridine rings is 1. The van der Waals surface area contributed by atoms with Gasteiger partial charge in [-0.2, -0.15) is 0 Å². The number of rotatable bonds is 5. The van der Waals surface area contributed by atoms with Crippen molar-refractivity contribution in [1.29, 1.82) is 0 Å². The molecule has 0 saturated heterocycles. The zero-order valence-corrected chi connectivity index (χ0v) is 13.2. The first-order chi connectivity index (χ1) is 11.1. The van der Waals surface area contributed by atoms with Gasteiger partial charge in [0.05, 0.1) is 11.7 Å². The highest BCUT2D eigenvalue weighted by Crippen LogP contribution is 2.14. The third-order valence-electron chi connectivity index (χ3n) is 3.43. The first kappa shape index (κ1) is 15.1. The fourth-order valence-corrected chi connectivity index (χ4v) is 2.32. The van der Waals surface area contributed by atoms with Crippen LogP contribution in [0.3, 0.4) is 0 Å². The molecule has 0 atom stereocenters. The summed E-state index contributed by atoms with van der Waals surface area (Å²) < 4.78 is 5.47. The van der Waals surface area contributed by atoms with E-state index >= 15 is 0 Å². The van der Waals surface area contributed by atoms with E-state index in [0.717, 1.165) is 16.5 Å². The lowest BCUT2D eigenvalue weighted by Gasteiger charge is -2.09. The molecule has 0 aliphatic heterocycles. The molecule has 3 rings (SSSR count). The lowest BCUT2D eigenvalue weighted by atomic mass is 10.1. The van der Waals surface area contributed by atoms with Crippen LogP contribution in [0, 0.1) is 0 Å². The lowest BCUT2D eigenvalue weighted by molar-refractivity contribution is 0.0950. The predicted molar refractivity (Wildman–Crippen MR) is 89.5 cm³/mol. The molecule has 0 saturated carbocycles. The van der Waals surface area contributed by atoms with Crippen molar-refractivity contribution in [3.05, 3.63) is 59.9 Å². The minimum absolute atomic E-state index is 0.0607. The Morgan fingerprint density at radius 3 is 2.87 bits per heavy atom. The largest absolute Gasteiger partial charge is 0.475 e. The fraction of sp³-hybridized carbons (Fsp3) is 0.222. The highest BCUT2D eigenvalue weighted by molar-refractivity contribution is 5.93. The standard InChI is InChI=1S/C18H19N3O2/c1-12(2)23-17-6-4-15(11-20-17)18(22)21-10-13-3-5-16-14(9-13)7-8-19-16/h3-9,11-12,19H,10H2,1-2H3,(H,21,22). The second-order valence-corrected chi connectivity index (χ2v) is 5.63. The number of fused-ring (bicyclic) bond motifs is 1. The molecule has 3 aromatic rings. The smallest absolute Gasteiger partial charge is 0.253 e. The van der Waals surface area contributed by atoms with E-state index in [0.29, 0.717) is 18.0 Å². The van der Waals surface area contributed by atoms with Crippen LogP contribution in [-0.4, -0.2) is 22.0 Å². The van der Waals surface area contributed by atoms with Gasteiger partial charge in [-0.15, -0.1) is 0 Å². The Morgan fingerprint density at radius 1 is 1.26 bits per heavy atom. The van der Waals surface area contributed by atoms with E-state index in [9.17, 15) is 4.79 Å². The second-order valence-electron chi connectivity index (χ2n) is 5.63. The summed E-state index contributed by atoms with van der Waals surface area (Å²) in [7, 11) is 0. The second kappa shape index (κ2) is 6.52. The molecule has 5 nitrogen and oxygen atoms in total. The van der Waals surface area contributed by atoms with E-state index in [1.807, 2.05) is 38.2 Å². The van der Waals surface area contributed by atoms with Crippen LogP contribution < -0.4 is 10.1 Å². The van der Waals surface area contributed by atoms with Crippen LogP contribution in [0.2, 0.25) is 0 Å². The number of aromatic nitrogens is 2. The first-order valence-electron chi connectivity index (χ1n) is 7.59. The van der Waals surface area contributed by atoms with Gasteiger partial charge in [0.25, 0.3) is 5.91 Å². The summed E-state index contributed by atoms with van der Waals surface area (Å²) in [5.74, 6) is 0.372. The molecule has 23 heavy (non-hydrogen) atoms. The minimum Gasteiger partial charge on any atom is -0.475 e. The zero-order chi connectivity index (χ0) is 16.2. The number of hydrogen-bond donors (Lipinski definition) is 2. The molecular weight excluding hydrogens is 290 g/mol. The molecule has 0 spiro atoms. The lowest BCUT2D eigenvalue weighted by Crippen LogP contribution is -2.23. The number of aromatic amines is 1. The molecule has 0 radical (unpaired) electrons. The molecule has 118 valence electrons. The van der Waals surface area contributed by atoms with Gasteiger partial charge >= 0.3 is 0 Å². The number of amides is 1. The summed E-state index contributed by atoms with van der Waals surface area (Å²) in [6.45, 7) is 4.34. The van der Waals surface area contributed by atoms with Gasteiger partial charge in [0.2, 0.25) is 5.88 Å². The quantitative estimate of drug-likeness (QED) is 0.760. The maximum absolute atomic E-state index is 12.2. The van der Waals surface area contributed by atoms with Crippen molar-refractivity contribution >= 4 is 16.8 Å². The Balaban J connectivity index is 1.62. The van der Waals surface area contributed by atoms with E-state index in [-0.39, 0.29) is 12.0 Å². The van der Waals surface area contributed by atoms with Crippen LogP contribution in [0.4, 0.5) is 0 Å². The maximum atomic E-state index is 12.2. The van der Waals surface area contributed by atoms with Crippen molar-refractivity contribution in [2.24, 2.45) is 0 Å². The number of hydrogen-bond acceptors (Lipinski definition) is 3. The topological polar surface area (TPSA) is 67.0 Å². The molecular formula is C18H19N3O2. The molecule has 0 bridgehead atoms. The Kier molecular flexibility index (Phi) is 4.28. The third-order valence-corrected chi connectivity index (χ3v) is 3.43. The molecule has 0 aliphatic rings. The van der Waals surface area contributed by atoms with Gasteiger partial charge in [-0.05, 0) is 49.1 Å². The first-order valence-corrected chi connectivity index (χ1v) is 7.59. The highest BCUT2D eigenvalue weighted by atomic mass is 16.5. The van der Waals surface area contributed by atoms with E-state index < -0.39 is 0 Å². The normalized spacial score (nSPS) is 10.9. The van der Waals surface area contributed by atoms with Crippen LogP contribution in [0.5, 0.6) is 5.88 Å². The Labute approximate surface area is 134 Å². The number of nitrogens with one attached hydrogen (secondary N) is 2. The summed E-state index contributed by atoms with van der Waals surface area (Å²) in [6, 6.07) is 11.5. The molecule has 2 aromatic heterocycles. The summed E-state index contributed by atoms with van der Waals surface area (Å²) in [6.07, 6.45) is 3.49. The van der Waals surface area contributed by atoms with Crippen molar-refractivity contribution in [3.8, 4) is 5.88 Å². The molecule has 2 N–H and O–H groups in total. The number of carbonyl (C=O) groups is 1. The number of nitrogens with zero attached hydrogens (tertiary/aromatic N) is 1. The van der Waals surface area contributed by atoms with Crippen molar-refractivity contribution in [2.45, 2.75) is 26.5 Å². The summed E-state index contributed by atoms with van der Waals surface area (Å²) in [4.78, 5) is 19.5. The highest BCUT2D eigenvalue weighted by Gasteiger charge is 2.07. The maximum Gasteiger partial charge on any atom is 0.253 e. The molecule has 0 unspecified atom stereocenters. The van der Waals surface area contributed by atoms with Gasteiger partial charge in [-0.3, -0.25) is 4.79 Å². The molecule has 0 fully saturated rings. The monoisotopic (exact) mass is 309 g/mol. The number of H-pyrrole nitrogens is 1. The average molecular weight is 309 g/mol. The van der Waals surface area contributed by atoms with Crippen LogP contribution in [0.1, 0.15) is 29.8 Å². The van der Waals surface area contributed by atoms with E-state index in [2.05, 4.69) is 21.4 Å². The molecule has 2 heterocycles. The summed E-state index contributed by atoms with van der Waals surface area (Å²) in [5, 5.41) is 4.04. The van der Waals surface area contributed by atoms with Crippen molar-refractivity contribution in [2.75, 3.05) is 0 Å². The molecule has 5 heteroatoms. The van der Waals surface area contributed by atoms with Gasteiger partial charge in [0, 0.05) is 30.5 Å². The van der Waals surface area contributed by atoms with E-state index in [1.165, 1.54) is 6.20 Å². The van der Waals surface area contributed by atoms with Gasteiger partial charge in [0.1, 0.15) is 0 Å². The zero-order valence-electron chi connectivity index (χ0n) is 13.2. The molecule has 1 aromatic carbocycles. The predicted octanol–water partition coefficient (Wildman–Crippen LogP) is 3.28. The van der Waals surface area contributed by atoms with Crippen LogP contribution in [0.25, 0.3) is 10.9 Å². The molecule has 0 aliphatic carbocycles. The van der Waals surface area contributed by atoms with Crippen molar-refractivity contribution in [1.82, 2.24) is 15.3 Å². The molecule has 1 amide bonds. The Morgan fingerprint density at radius 2 is 2.13 bits per heavy atom. The summed E-state index contributed by atoms with van der Waals surface area (Å²) in [5.41, 5.74) is 2.66. The Hall–Kier alpha value is -2.82. The van der Waals surface area contributed by atoms with Crippen molar-refractivity contribution in [3.63, 3.8) is 0 Å². The SMILES string of the molecule is CC(C)Oc1ccc(C(=O)NCc2ccc3[nH]ccc3c2)cn1. The van der Waals surface area contributed by atoms with E-state index in [1.54, 1.807) is 12.1 Å². The number of carbonyl (C=O) groups excluding carboxylic acids is 1. The van der Waals surface area contributed by atoms with E-state index in [4.69, 9.17) is 4.74 Å². The number of ether oxygens (including phenoxy) is 1. The minimum atomic E-state index is -0.150. The van der Waals surface area contributed by atoms with Gasteiger partial charge in [0.15, 0.2) is 0 Å². The number of benzene rings is 1. The fourth-order valence-electron chi connectivity index (χ4n) is 2.32. The summed E-state index contributed by atoms with van der Waals surface area (Å²) >= 11 is 0. The third kappa shape index (κ3) is 3.69. The average Bonchev–Trinajstić information content (AvgIpc) is 3.00. The van der Waals surface area contributed by atoms with Gasteiger partial charge in [-0.1, -0.05) is 6.07 Å². The van der Waals surface area contributed by atoms with Crippen LogP contribution in [-0.2, 0) is 6.54 Å². The van der Waals surface area contributed by atoms with Gasteiger partial charge < -0.3 is 15.0 Å². The Bertz CT molecular complexity index is 807. The van der Waals surface area contributed by atoms with Crippen molar-refractivity contribution < 1.29 is 9.53 Å². The van der Waals surface area contributed by atoms with Crippen LogP contribution >= 0.6 is 0 Å². The van der Waals surface area contributed by atoms with Crippen LogP contribution in [0.15, 0.2) is 48.8 Å². The van der Waals surface area contributed by atoms with Gasteiger partial charge in [-0.25, -0.2) is 4.98 Å².